The first-order valence-electron chi connectivity index (χ1n) is 25.3. The summed E-state index contributed by atoms with van der Waals surface area (Å²) in [6.07, 6.45) is 2.79. The van der Waals surface area contributed by atoms with E-state index in [4.69, 9.17) is 16.2 Å². The first-order chi connectivity index (χ1) is 34.2. The second-order valence-electron chi connectivity index (χ2n) is 21.0. The summed E-state index contributed by atoms with van der Waals surface area (Å²) in [5.74, 6) is -2.13. The first kappa shape index (κ1) is 53.8. The van der Waals surface area contributed by atoms with E-state index < -0.39 is 59.6 Å². The molecular formula is C55H72N8O8S. The average molecular weight is 1010 g/mol. The number of carbonyl (C=O) groups excluding carboxylic acids is 6. The number of carbonyl (C=O) groups is 6. The van der Waals surface area contributed by atoms with Gasteiger partial charge in [-0.3, -0.25) is 33.7 Å². The van der Waals surface area contributed by atoms with Gasteiger partial charge in [0.1, 0.15) is 18.1 Å². The molecule has 7 rings (SSSR count). The number of hydrogen-bond donors (Lipinski definition) is 6. The second kappa shape index (κ2) is 23.2. The zero-order valence-electron chi connectivity index (χ0n) is 42.7. The summed E-state index contributed by atoms with van der Waals surface area (Å²) < 4.78 is 6.34. The number of primary amides is 1. The predicted octanol–water partition coefficient (Wildman–Crippen LogP) is 5.40. The molecule has 0 aliphatic carbocycles. The van der Waals surface area contributed by atoms with Crippen LogP contribution in [0.15, 0.2) is 66.2 Å². The van der Waals surface area contributed by atoms with Crippen molar-refractivity contribution in [3.05, 3.63) is 105 Å². The van der Waals surface area contributed by atoms with E-state index in [9.17, 15) is 33.9 Å². The molecule has 3 aliphatic rings. The molecule has 3 aromatic carbocycles. The van der Waals surface area contributed by atoms with Crippen molar-refractivity contribution in [1.29, 1.82) is 0 Å². The number of nitrogens with two attached hydrogens (primary N) is 2. The Labute approximate surface area is 427 Å². The van der Waals surface area contributed by atoms with Crippen LogP contribution in [-0.2, 0) is 59.4 Å². The summed E-state index contributed by atoms with van der Waals surface area (Å²) in [6, 6.07) is 15.7. The van der Waals surface area contributed by atoms with Crippen LogP contribution in [0.5, 0.6) is 0 Å². The van der Waals surface area contributed by atoms with Gasteiger partial charge in [-0.2, -0.15) is 0 Å². The quantitative estimate of drug-likeness (QED) is 0.0617. The van der Waals surface area contributed by atoms with Crippen molar-refractivity contribution in [2.24, 2.45) is 16.9 Å². The molecule has 4 heterocycles. The van der Waals surface area contributed by atoms with E-state index >= 15 is 0 Å². The topological polar surface area (TPSA) is 239 Å². The third kappa shape index (κ3) is 12.8. The van der Waals surface area contributed by atoms with Crippen LogP contribution in [0.4, 0.5) is 5.69 Å². The fraction of sp³-hybridized carbons (Fsp3) is 0.509. The summed E-state index contributed by atoms with van der Waals surface area (Å²) in [4.78, 5) is 89.1. The largest absolute Gasteiger partial charge is 0.391 e. The highest BCUT2D eigenvalue weighted by Gasteiger charge is 2.46. The van der Waals surface area contributed by atoms with Crippen molar-refractivity contribution in [2.75, 3.05) is 11.4 Å². The number of unbranched alkanes of at least 4 members (excludes halogenated alkanes) is 1. The van der Waals surface area contributed by atoms with Crippen LogP contribution < -0.4 is 32.3 Å². The zero-order chi connectivity index (χ0) is 52.0. The Hall–Kier alpha value is -6.01. The summed E-state index contributed by atoms with van der Waals surface area (Å²) >= 11 is 1.57. The maximum Gasteiger partial charge on any atom is 0.246 e. The number of ether oxygens (including phenoxy) is 1. The SMILES string of the molecule is Cc1cc(CCCCC(=O)N[C@H](C(=O)N2C[C@H](O)C[C@H]2C(=O)N[C@@H](C)c2ccc(-c3scnc3C)cc2)C(C)(C)C)ccc1CO[C@H](C)[C@H](CCC(N)=O)NC(=O)[C@@H]1Cc2cccc3c2N1C(=O)[C@@H](N)CC3. The third-order valence-electron chi connectivity index (χ3n) is 14.4. The average Bonchev–Trinajstić information content (AvgIpc) is 4.05. The van der Waals surface area contributed by atoms with Crippen molar-refractivity contribution in [3.8, 4) is 10.4 Å². The van der Waals surface area contributed by atoms with Crippen LogP contribution >= 0.6 is 11.3 Å². The van der Waals surface area contributed by atoms with Gasteiger partial charge in [0.05, 0.1) is 58.7 Å². The van der Waals surface area contributed by atoms with Crippen LogP contribution in [0, 0.1) is 19.3 Å². The lowest BCUT2D eigenvalue weighted by Gasteiger charge is -2.35. The predicted molar refractivity (Wildman–Crippen MR) is 277 cm³/mol. The Morgan fingerprint density at radius 1 is 0.931 bits per heavy atom. The molecule has 0 unspecified atom stereocenters. The molecule has 17 heteroatoms. The molecule has 0 spiro atoms. The molecule has 8 atom stereocenters. The number of aryl methyl sites for hydroxylation is 4. The second-order valence-corrected chi connectivity index (χ2v) is 21.8. The zero-order valence-corrected chi connectivity index (χ0v) is 43.5. The van der Waals surface area contributed by atoms with Gasteiger partial charge in [0, 0.05) is 32.2 Å². The van der Waals surface area contributed by atoms with Gasteiger partial charge in [0.25, 0.3) is 0 Å². The molecule has 16 nitrogen and oxygen atoms in total. The van der Waals surface area contributed by atoms with Crippen LogP contribution in [0.2, 0.25) is 0 Å². The molecule has 3 aliphatic heterocycles. The number of para-hydroxylation sites is 1. The number of thiazole rings is 1. The molecule has 386 valence electrons. The van der Waals surface area contributed by atoms with E-state index in [2.05, 4.69) is 27.0 Å². The number of rotatable bonds is 20. The highest BCUT2D eigenvalue weighted by atomic mass is 32.1. The van der Waals surface area contributed by atoms with Gasteiger partial charge in [-0.05, 0) is 111 Å². The molecule has 1 aromatic heterocycles. The Balaban J connectivity index is 0.882. The van der Waals surface area contributed by atoms with Crippen LogP contribution in [-0.4, -0.2) is 99.4 Å². The Kier molecular flexibility index (Phi) is 17.4. The van der Waals surface area contributed by atoms with Crippen LogP contribution in [0.1, 0.15) is 125 Å². The van der Waals surface area contributed by atoms with Crippen molar-refractivity contribution < 1.29 is 38.6 Å². The highest BCUT2D eigenvalue weighted by Crippen LogP contribution is 2.39. The van der Waals surface area contributed by atoms with Crippen molar-refractivity contribution in [1.82, 2.24) is 25.8 Å². The number of likely N-dealkylation sites (tertiary alicyclic amines) is 1. The lowest BCUT2D eigenvalue weighted by atomic mass is 9.85. The minimum Gasteiger partial charge on any atom is -0.391 e. The summed E-state index contributed by atoms with van der Waals surface area (Å²) in [6.45, 7) is 13.6. The van der Waals surface area contributed by atoms with E-state index in [-0.39, 0.29) is 68.5 Å². The normalized spacial score (nSPS) is 20.3. The Morgan fingerprint density at radius 3 is 2.33 bits per heavy atom. The molecule has 72 heavy (non-hydrogen) atoms. The minimum absolute atomic E-state index is 0.00800. The number of β-amino-alcohol motifs (C(OH)–C–C–N with tert-alkyl or cyclic N) is 1. The van der Waals surface area contributed by atoms with Crippen LogP contribution in [0.25, 0.3) is 10.4 Å². The van der Waals surface area contributed by atoms with E-state index in [1.54, 1.807) is 16.2 Å². The van der Waals surface area contributed by atoms with E-state index in [0.29, 0.717) is 25.7 Å². The van der Waals surface area contributed by atoms with Gasteiger partial charge in [-0.15, -0.1) is 11.3 Å². The lowest BCUT2D eigenvalue weighted by Crippen LogP contribution is -2.57. The molecule has 6 amide bonds. The van der Waals surface area contributed by atoms with Crippen molar-refractivity contribution in [2.45, 2.75) is 168 Å². The molecule has 8 N–H and O–H groups in total. The molecular weight excluding hydrogens is 933 g/mol. The van der Waals surface area contributed by atoms with E-state index in [1.807, 2.05) is 109 Å². The number of hydrogen-bond acceptors (Lipinski definition) is 11. The third-order valence-corrected chi connectivity index (χ3v) is 15.4. The van der Waals surface area contributed by atoms with Crippen molar-refractivity contribution >= 4 is 52.5 Å². The molecule has 0 saturated carbocycles. The number of nitrogens with one attached hydrogen (secondary N) is 3. The number of anilines is 1. The summed E-state index contributed by atoms with van der Waals surface area (Å²) in [5.41, 5.74) is 21.6. The number of nitrogens with zero attached hydrogens (tertiary/aromatic N) is 3. The molecule has 0 radical (unpaired) electrons. The summed E-state index contributed by atoms with van der Waals surface area (Å²) in [7, 11) is 0. The maximum atomic E-state index is 14.2. The standard InChI is InChI=1S/C55H72N8O8S/c1-31-25-35(15-16-40(31)29-71-34(4)43(23-24-46(57)65)60-52(68)45-26-39-13-10-12-37-21-22-42(56)53(69)63(45)48(37)39)11-8-9-14-47(66)61-50(55(5,6)7)54(70)62-28-41(64)27-44(62)51(67)59-32(2)36-17-19-38(20-18-36)49-33(3)58-30-72-49/h10,12-13,15-20,25,30,32,34,41-45,50,64H,8-9,11,14,21-24,26-29,56H2,1-7H3,(H2,57,65)(H,59,67)(H,60,68)(H,61,66)/t32-,34+,41+,42-,43-,44-,45-,50+/m0/s1. The Morgan fingerprint density at radius 2 is 1.65 bits per heavy atom. The lowest BCUT2D eigenvalue weighted by molar-refractivity contribution is -0.144. The van der Waals surface area contributed by atoms with E-state index in [1.165, 1.54) is 4.90 Å². The van der Waals surface area contributed by atoms with Crippen molar-refractivity contribution in [3.63, 3.8) is 0 Å². The molecule has 1 saturated heterocycles. The highest BCUT2D eigenvalue weighted by molar-refractivity contribution is 7.13. The van der Waals surface area contributed by atoms with Gasteiger partial charge in [-0.25, -0.2) is 4.98 Å². The van der Waals surface area contributed by atoms with Gasteiger partial charge in [0.15, 0.2) is 0 Å². The summed E-state index contributed by atoms with van der Waals surface area (Å²) in [5, 5.41) is 19.8. The molecule has 4 aromatic rings. The van der Waals surface area contributed by atoms with Gasteiger partial charge in [-0.1, -0.05) is 81.4 Å². The number of aliphatic hydroxyl groups is 1. The van der Waals surface area contributed by atoms with E-state index in [0.717, 1.165) is 68.0 Å². The maximum absolute atomic E-state index is 14.2. The van der Waals surface area contributed by atoms with Gasteiger partial charge >= 0.3 is 0 Å². The molecule has 1 fully saturated rings. The first-order valence-corrected chi connectivity index (χ1v) is 26.1. The number of aliphatic hydroxyl groups excluding tert-OH is 1. The van der Waals surface area contributed by atoms with Gasteiger partial charge in [0.2, 0.25) is 35.4 Å². The smallest absolute Gasteiger partial charge is 0.246 e. The minimum atomic E-state index is -0.918. The number of benzene rings is 3. The van der Waals surface area contributed by atoms with Gasteiger partial charge < -0.3 is 42.2 Å². The number of amides is 6. The monoisotopic (exact) mass is 1000 g/mol. The fourth-order valence-corrected chi connectivity index (χ4v) is 11.0. The fourth-order valence-electron chi connectivity index (χ4n) is 10.1. The van der Waals surface area contributed by atoms with Crippen LogP contribution in [0.3, 0.4) is 0 Å². The Bertz CT molecular complexity index is 2630. The number of aromatic nitrogens is 1. The molecule has 0 bridgehead atoms.